The molecule has 0 saturated heterocycles. The van der Waals surface area contributed by atoms with Crippen LogP contribution < -0.4 is 14.4 Å². The summed E-state index contributed by atoms with van der Waals surface area (Å²) in [4.78, 5) is 13.0. The SMILES string of the molecule is Cc1ccccc1NC(=O)C1CN(S(=O)(=O)c2ccc(Cl)cc2)c2ccccc2O1. The van der Waals surface area contributed by atoms with E-state index in [1.165, 1.54) is 28.6 Å². The summed E-state index contributed by atoms with van der Waals surface area (Å²) in [5, 5.41) is 3.26. The highest BCUT2D eigenvalue weighted by atomic mass is 35.5. The van der Waals surface area contributed by atoms with Gasteiger partial charge in [0.1, 0.15) is 5.75 Å². The van der Waals surface area contributed by atoms with Gasteiger partial charge in [0.25, 0.3) is 15.9 Å². The van der Waals surface area contributed by atoms with Crippen LogP contribution in [0.25, 0.3) is 0 Å². The predicted molar refractivity (Wildman–Crippen MR) is 117 cm³/mol. The summed E-state index contributed by atoms with van der Waals surface area (Å²) >= 11 is 5.90. The largest absolute Gasteiger partial charge is 0.476 e. The number of hydrogen-bond acceptors (Lipinski definition) is 4. The number of nitrogens with one attached hydrogen (secondary N) is 1. The summed E-state index contributed by atoms with van der Waals surface area (Å²) in [5.74, 6) is -0.0960. The minimum absolute atomic E-state index is 0.0849. The van der Waals surface area contributed by atoms with E-state index in [1.54, 1.807) is 30.3 Å². The molecule has 0 radical (unpaired) electrons. The second kappa shape index (κ2) is 8.01. The lowest BCUT2D eigenvalue weighted by atomic mass is 10.2. The highest BCUT2D eigenvalue weighted by Gasteiger charge is 2.37. The van der Waals surface area contributed by atoms with Gasteiger partial charge < -0.3 is 10.1 Å². The molecule has 0 bridgehead atoms. The minimum atomic E-state index is -3.92. The third-order valence-electron chi connectivity index (χ3n) is 4.83. The predicted octanol–water partition coefficient (Wildman–Crippen LogP) is 4.24. The van der Waals surface area contributed by atoms with Crippen molar-refractivity contribution in [3.8, 4) is 5.75 Å². The molecule has 8 heteroatoms. The lowest BCUT2D eigenvalue weighted by molar-refractivity contribution is -0.122. The molecule has 1 amide bonds. The molecule has 3 aromatic rings. The summed E-state index contributed by atoms with van der Waals surface area (Å²) in [6.45, 7) is 1.73. The van der Waals surface area contributed by atoms with Crippen LogP contribution in [0.1, 0.15) is 5.56 Å². The first-order chi connectivity index (χ1) is 14.4. The smallest absolute Gasteiger partial charge is 0.267 e. The Morgan fingerprint density at radius 2 is 1.70 bits per heavy atom. The van der Waals surface area contributed by atoms with Crippen LogP contribution in [0.4, 0.5) is 11.4 Å². The number of ether oxygens (including phenoxy) is 1. The van der Waals surface area contributed by atoms with Gasteiger partial charge in [0.05, 0.1) is 17.1 Å². The van der Waals surface area contributed by atoms with Crippen LogP contribution in [0, 0.1) is 6.92 Å². The molecule has 154 valence electrons. The van der Waals surface area contributed by atoms with Crippen molar-refractivity contribution in [2.45, 2.75) is 17.9 Å². The van der Waals surface area contributed by atoms with E-state index < -0.39 is 22.0 Å². The standard InChI is InChI=1S/C22H19ClN2O4S/c1-15-6-2-3-7-18(15)24-22(26)21-14-25(19-8-4-5-9-20(19)29-21)30(27,28)17-12-10-16(23)11-13-17/h2-13,21H,14H2,1H3,(H,24,26). The maximum absolute atomic E-state index is 13.3. The zero-order valence-electron chi connectivity index (χ0n) is 16.1. The van der Waals surface area contributed by atoms with Crippen LogP contribution in [-0.2, 0) is 14.8 Å². The van der Waals surface area contributed by atoms with Crippen LogP contribution in [0.15, 0.2) is 77.7 Å². The van der Waals surface area contributed by atoms with Crippen molar-refractivity contribution < 1.29 is 17.9 Å². The summed E-state index contributed by atoms with van der Waals surface area (Å²) in [5.41, 5.74) is 1.93. The van der Waals surface area contributed by atoms with Crippen LogP contribution in [0.5, 0.6) is 5.75 Å². The van der Waals surface area contributed by atoms with Crippen LogP contribution in [0.2, 0.25) is 5.02 Å². The van der Waals surface area contributed by atoms with E-state index >= 15 is 0 Å². The first-order valence-electron chi connectivity index (χ1n) is 9.27. The number of hydrogen-bond donors (Lipinski definition) is 1. The molecule has 6 nitrogen and oxygen atoms in total. The second-order valence-electron chi connectivity index (χ2n) is 6.87. The molecule has 1 heterocycles. The zero-order valence-corrected chi connectivity index (χ0v) is 17.7. The summed E-state index contributed by atoms with van der Waals surface area (Å²) < 4.78 is 33.7. The molecule has 0 aliphatic carbocycles. The van der Waals surface area contributed by atoms with E-state index in [4.69, 9.17) is 16.3 Å². The van der Waals surface area contributed by atoms with Crippen molar-refractivity contribution in [2.24, 2.45) is 0 Å². The van der Waals surface area contributed by atoms with Crippen LogP contribution >= 0.6 is 11.6 Å². The van der Waals surface area contributed by atoms with E-state index in [9.17, 15) is 13.2 Å². The lowest BCUT2D eigenvalue weighted by Gasteiger charge is -2.34. The molecule has 3 aromatic carbocycles. The lowest BCUT2D eigenvalue weighted by Crippen LogP contribution is -2.48. The molecule has 1 N–H and O–H groups in total. The molecule has 1 atom stereocenters. The van der Waals surface area contributed by atoms with Crippen molar-refractivity contribution in [2.75, 3.05) is 16.2 Å². The highest BCUT2D eigenvalue weighted by molar-refractivity contribution is 7.92. The van der Waals surface area contributed by atoms with E-state index in [1.807, 2.05) is 25.1 Å². The third-order valence-corrected chi connectivity index (χ3v) is 6.88. The van der Waals surface area contributed by atoms with Gasteiger partial charge >= 0.3 is 0 Å². The topological polar surface area (TPSA) is 75.7 Å². The molecule has 1 aliphatic rings. The maximum atomic E-state index is 13.3. The first-order valence-corrected chi connectivity index (χ1v) is 11.1. The van der Waals surface area contributed by atoms with E-state index in [-0.39, 0.29) is 11.4 Å². The Balaban J connectivity index is 1.68. The van der Waals surface area contributed by atoms with Crippen molar-refractivity contribution in [1.82, 2.24) is 0 Å². The Kier molecular flexibility index (Phi) is 5.40. The van der Waals surface area contributed by atoms with Gasteiger partial charge in [0.15, 0.2) is 6.10 Å². The van der Waals surface area contributed by atoms with Gasteiger partial charge in [-0.15, -0.1) is 0 Å². The zero-order chi connectivity index (χ0) is 21.3. The van der Waals surface area contributed by atoms with E-state index in [2.05, 4.69) is 5.32 Å². The van der Waals surface area contributed by atoms with Crippen LogP contribution in [0.3, 0.4) is 0 Å². The number of para-hydroxylation sites is 3. The number of rotatable bonds is 4. The van der Waals surface area contributed by atoms with E-state index in [0.29, 0.717) is 22.1 Å². The quantitative estimate of drug-likeness (QED) is 0.655. The monoisotopic (exact) mass is 442 g/mol. The molecule has 0 saturated carbocycles. The minimum Gasteiger partial charge on any atom is -0.476 e. The molecule has 30 heavy (non-hydrogen) atoms. The number of amides is 1. The average molecular weight is 443 g/mol. The van der Waals surface area contributed by atoms with Gasteiger partial charge in [0.2, 0.25) is 0 Å². The van der Waals surface area contributed by atoms with Gasteiger partial charge in [-0.3, -0.25) is 9.10 Å². The fraction of sp³-hybridized carbons (Fsp3) is 0.136. The normalized spacial score (nSPS) is 15.8. The third kappa shape index (κ3) is 3.86. The van der Waals surface area contributed by atoms with Crippen molar-refractivity contribution in [3.05, 3.63) is 83.4 Å². The fourth-order valence-electron chi connectivity index (χ4n) is 3.23. The fourth-order valence-corrected chi connectivity index (χ4v) is 4.83. The number of aryl methyl sites for hydroxylation is 1. The number of halogens is 1. The Morgan fingerprint density at radius 3 is 2.43 bits per heavy atom. The van der Waals surface area contributed by atoms with E-state index in [0.717, 1.165) is 5.56 Å². The first kappa shape index (κ1) is 20.3. The van der Waals surface area contributed by atoms with Crippen molar-refractivity contribution in [1.29, 1.82) is 0 Å². The Labute approximate surface area is 180 Å². The number of benzene rings is 3. The summed E-state index contributed by atoms with van der Waals surface area (Å²) in [6.07, 6.45) is -1.01. The Hall–Kier alpha value is -3.03. The second-order valence-corrected chi connectivity index (χ2v) is 9.17. The Bertz CT molecular complexity index is 1200. The number of carbonyl (C=O) groups excluding carboxylic acids is 1. The number of nitrogens with zero attached hydrogens (tertiary/aromatic N) is 1. The number of fused-ring (bicyclic) bond motifs is 1. The highest BCUT2D eigenvalue weighted by Crippen LogP contribution is 2.37. The molecule has 1 aliphatic heterocycles. The number of carbonyl (C=O) groups is 1. The molecule has 0 aromatic heterocycles. The summed E-state index contributed by atoms with van der Waals surface area (Å²) in [7, 11) is -3.92. The number of sulfonamides is 1. The average Bonchev–Trinajstić information content (AvgIpc) is 2.74. The number of anilines is 2. The van der Waals surface area contributed by atoms with Gasteiger partial charge in [-0.1, -0.05) is 41.9 Å². The van der Waals surface area contributed by atoms with Gasteiger partial charge in [-0.25, -0.2) is 8.42 Å². The molecule has 1 unspecified atom stereocenters. The van der Waals surface area contributed by atoms with Crippen molar-refractivity contribution in [3.63, 3.8) is 0 Å². The van der Waals surface area contributed by atoms with Crippen molar-refractivity contribution >= 4 is 38.9 Å². The maximum Gasteiger partial charge on any atom is 0.267 e. The van der Waals surface area contributed by atoms with Crippen LogP contribution in [-0.4, -0.2) is 27.0 Å². The Morgan fingerprint density at radius 1 is 1.03 bits per heavy atom. The molecule has 4 rings (SSSR count). The molecular weight excluding hydrogens is 424 g/mol. The van der Waals surface area contributed by atoms with Gasteiger partial charge in [-0.2, -0.15) is 0 Å². The molecule has 0 fully saturated rings. The van der Waals surface area contributed by atoms with Gasteiger partial charge in [-0.05, 0) is 55.0 Å². The molecule has 0 spiro atoms. The summed E-state index contributed by atoms with van der Waals surface area (Å²) in [6, 6.07) is 20.0. The molecular formula is C22H19ClN2O4S. The van der Waals surface area contributed by atoms with Gasteiger partial charge in [0, 0.05) is 10.7 Å².